The Kier molecular flexibility index (Phi) is 6.71. The van der Waals surface area contributed by atoms with E-state index in [9.17, 15) is 14.4 Å². The highest BCUT2D eigenvalue weighted by Gasteiger charge is 2.26. The molecule has 1 heterocycles. The first-order valence-electron chi connectivity index (χ1n) is 9.24. The minimum atomic E-state index is -0.699. The number of hydrogen-bond acceptors (Lipinski definition) is 7. The number of nitrogens with one attached hydrogen (secondary N) is 1. The number of para-hydroxylation sites is 2. The van der Waals surface area contributed by atoms with Crippen molar-refractivity contribution in [1.29, 1.82) is 0 Å². The fourth-order valence-electron chi connectivity index (χ4n) is 3.08. The summed E-state index contributed by atoms with van der Waals surface area (Å²) in [6, 6.07) is 6.95. The number of aryl methyl sites for hydroxylation is 1. The molecule has 0 atom stereocenters. The highest BCUT2D eigenvalue weighted by molar-refractivity contribution is 7.17. The van der Waals surface area contributed by atoms with Crippen molar-refractivity contribution in [2.24, 2.45) is 5.73 Å². The van der Waals surface area contributed by atoms with Crippen molar-refractivity contribution in [3.8, 4) is 11.5 Å². The van der Waals surface area contributed by atoms with Crippen LogP contribution in [0.2, 0.25) is 0 Å². The van der Waals surface area contributed by atoms with Gasteiger partial charge in [-0.1, -0.05) is 12.1 Å². The molecule has 1 aliphatic rings. The lowest BCUT2D eigenvalue weighted by Gasteiger charge is -2.11. The third-order valence-electron chi connectivity index (χ3n) is 4.28. The van der Waals surface area contributed by atoms with Crippen LogP contribution in [0.3, 0.4) is 0 Å². The number of thiophene rings is 1. The monoisotopic (exact) mass is 418 g/mol. The highest BCUT2D eigenvalue weighted by atomic mass is 32.1. The molecular weight excluding hydrogens is 396 g/mol. The van der Waals surface area contributed by atoms with Crippen molar-refractivity contribution in [2.45, 2.75) is 26.2 Å². The van der Waals surface area contributed by atoms with Crippen LogP contribution < -0.4 is 20.5 Å². The van der Waals surface area contributed by atoms with Gasteiger partial charge >= 0.3 is 5.97 Å². The summed E-state index contributed by atoms with van der Waals surface area (Å²) in [5.74, 6) is -0.885. The van der Waals surface area contributed by atoms with E-state index in [1.807, 2.05) is 6.92 Å². The summed E-state index contributed by atoms with van der Waals surface area (Å²) in [4.78, 5) is 36.8. The van der Waals surface area contributed by atoms with E-state index < -0.39 is 24.4 Å². The molecule has 3 N–H and O–H groups in total. The number of benzene rings is 1. The number of fused-ring (bicyclic) bond motifs is 1. The van der Waals surface area contributed by atoms with Crippen molar-refractivity contribution in [3.05, 3.63) is 40.3 Å². The van der Waals surface area contributed by atoms with Crippen LogP contribution in [0.4, 0.5) is 5.00 Å². The fourth-order valence-corrected chi connectivity index (χ4v) is 4.40. The second-order valence-electron chi connectivity index (χ2n) is 6.30. The lowest BCUT2D eigenvalue weighted by atomic mass is 10.1. The molecule has 8 nitrogen and oxygen atoms in total. The molecule has 0 saturated carbocycles. The lowest BCUT2D eigenvalue weighted by molar-refractivity contribution is -0.149. The van der Waals surface area contributed by atoms with Crippen LogP contribution in [0.15, 0.2) is 24.3 Å². The summed E-state index contributed by atoms with van der Waals surface area (Å²) < 4.78 is 15.8. The molecule has 1 aromatic heterocycles. The Bertz CT molecular complexity index is 924. The third kappa shape index (κ3) is 5.05. The van der Waals surface area contributed by atoms with Gasteiger partial charge in [0.2, 0.25) is 0 Å². The van der Waals surface area contributed by atoms with Crippen molar-refractivity contribution in [2.75, 3.05) is 25.1 Å². The SMILES string of the molecule is CCOc1ccccc1OCC(=O)OCC(=O)Nc1sc2c(c1C(N)=O)CCC2. The number of carbonyl (C=O) groups is 3. The molecule has 0 fully saturated rings. The van der Waals surface area contributed by atoms with Crippen LogP contribution in [0, 0.1) is 0 Å². The van der Waals surface area contributed by atoms with Gasteiger partial charge in [-0.25, -0.2) is 4.79 Å². The van der Waals surface area contributed by atoms with E-state index >= 15 is 0 Å². The highest BCUT2D eigenvalue weighted by Crippen LogP contribution is 2.38. The smallest absolute Gasteiger partial charge is 0.344 e. The summed E-state index contributed by atoms with van der Waals surface area (Å²) in [6.07, 6.45) is 2.61. The van der Waals surface area contributed by atoms with E-state index in [4.69, 9.17) is 19.9 Å². The molecule has 0 bridgehead atoms. The van der Waals surface area contributed by atoms with Crippen LogP contribution in [-0.2, 0) is 27.2 Å². The second-order valence-corrected chi connectivity index (χ2v) is 7.41. The standard InChI is InChI=1S/C20H22N2O6S/c1-2-26-13-7-3-4-8-14(13)27-11-17(24)28-10-16(23)22-20-18(19(21)25)12-6-5-9-15(12)29-20/h3-4,7-8H,2,5-6,9-11H2,1H3,(H2,21,25)(H,22,23). The first-order valence-corrected chi connectivity index (χ1v) is 10.1. The van der Waals surface area contributed by atoms with E-state index in [1.165, 1.54) is 11.3 Å². The molecule has 3 rings (SSSR count). The minimum absolute atomic E-state index is 0.359. The van der Waals surface area contributed by atoms with E-state index in [1.54, 1.807) is 24.3 Å². The molecule has 1 aliphatic carbocycles. The van der Waals surface area contributed by atoms with Crippen molar-refractivity contribution >= 4 is 34.1 Å². The van der Waals surface area contributed by atoms with E-state index in [0.29, 0.717) is 28.7 Å². The molecule has 0 spiro atoms. The van der Waals surface area contributed by atoms with Gasteiger partial charge in [0.05, 0.1) is 12.2 Å². The zero-order valence-corrected chi connectivity index (χ0v) is 16.8. The van der Waals surface area contributed by atoms with Crippen molar-refractivity contribution < 1.29 is 28.6 Å². The molecule has 1 aromatic carbocycles. The minimum Gasteiger partial charge on any atom is -0.490 e. The number of anilines is 1. The number of primary amides is 1. The Labute approximate surface area is 171 Å². The molecule has 29 heavy (non-hydrogen) atoms. The molecule has 0 saturated heterocycles. The Morgan fingerprint density at radius 2 is 1.83 bits per heavy atom. The number of esters is 1. The zero-order valence-electron chi connectivity index (χ0n) is 16.0. The lowest BCUT2D eigenvalue weighted by Crippen LogP contribution is -2.24. The first kappa shape index (κ1) is 20.7. The summed E-state index contributed by atoms with van der Waals surface area (Å²) in [7, 11) is 0. The van der Waals surface area contributed by atoms with Gasteiger partial charge < -0.3 is 25.3 Å². The zero-order chi connectivity index (χ0) is 20.8. The summed E-state index contributed by atoms with van der Waals surface area (Å²) >= 11 is 1.34. The largest absolute Gasteiger partial charge is 0.490 e. The van der Waals surface area contributed by atoms with Gasteiger partial charge in [0, 0.05) is 4.88 Å². The van der Waals surface area contributed by atoms with Gasteiger partial charge in [-0.05, 0) is 43.9 Å². The second kappa shape index (κ2) is 9.42. The fraction of sp³-hybridized carbons (Fsp3) is 0.350. The Hall–Kier alpha value is -3.07. The summed E-state index contributed by atoms with van der Waals surface area (Å²) in [6.45, 7) is 1.45. The molecular formula is C20H22N2O6S. The predicted octanol–water partition coefficient (Wildman–Crippen LogP) is 2.30. The molecule has 2 amide bonds. The van der Waals surface area contributed by atoms with Crippen LogP contribution in [0.25, 0.3) is 0 Å². The van der Waals surface area contributed by atoms with E-state index in [2.05, 4.69) is 5.32 Å². The average Bonchev–Trinajstić information content (AvgIpc) is 3.26. The quantitative estimate of drug-likeness (QED) is 0.604. The average molecular weight is 418 g/mol. The Morgan fingerprint density at radius 3 is 2.52 bits per heavy atom. The number of nitrogens with two attached hydrogens (primary N) is 1. The number of carbonyl (C=O) groups excluding carboxylic acids is 3. The number of rotatable bonds is 9. The number of amides is 2. The number of hydrogen-bond donors (Lipinski definition) is 2. The topological polar surface area (TPSA) is 117 Å². The van der Waals surface area contributed by atoms with Crippen molar-refractivity contribution in [1.82, 2.24) is 0 Å². The molecule has 0 aliphatic heterocycles. The predicted molar refractivity (Wildman–Crippen MR) is 108 cm³/mol. The van der Waals surface area contributed by atoms with Crippen LogP contribution in [0.5, 0.6) is 11.5 Å². The van der Waals surface area contributed by atoms with Crippen molar-refractivity contribution in [3.63, 3.8) is 0 Å². The summed E-state index contributed by atoms with van der Waals surface area (Å²) in [5, 5.41) is 3.02. The molecule has 0 unspecified atom stereocenters. The van der Waals surface area contributed by atoms with Gasteiger partial charge in [0.25, 0.3) is 11.8 Å². The maximum absolute atomic E-state index is 12.1. The van der Waals surface area contributed by atoms with E-state index in [0.717, 1.165) is 29.7 Å². The van der Waals surface area contributed by atoms with E-state index in [-0.39, 0.29) is 6.61 Å². The molecule has 9 heteroatoms. The van der Waals surface area contributed by atoms with Gasteiger partial charge in [-0.15, -0.1) is 11.3 Å². The van der Waals surface area contributed by atoms with Crippen LogP contribution in [-0.4, -0.2) is 37.6 Å². The maximum Gasteiger partial charge on any atom is 0.344 e. The molecule has 2 aromatic rings. The molecule has 0 radical (unpaired) electrons. The third-order valence-corrected chi connectivity index (χ3v) is 5.49. The normalized spacial score (nSPS) is 12.2. The van der Waals surface area contributed by atoms with Gasteiger partial charge in [0.15, 0.2) is 24.7 Å². The Morgan fingerprint density at radius 1 is 1.10 bits per heavy atom. The first-order chi connectivity index (χ1) is 14.0. The van der Waals surface area contributed by atoms with Crippen LogP contribution >= 0.6 is 11.3 Å². The molecule has 154 valence electrons. The van der Waals surface area contributed by atoms with Gasteiger partial charge in [-0.3, -0.25) is 9.59 Å². The maximum atomic E-state index is 12.1. The van der Waals surface area contributed by atoms with Crippen LogP contribution in [0.1, 0.15) is 34.1 Å². The van der Waals surface area contributed by atoms with Gasteiger partial charge in [0.1, 0.15) is 5.00 Å². The summed E-state index contributed by atoms with van der Waals surface area (Å²) in [5.41, 5.74) is 6.74. The number of ether oxygens (including phenoxy) is 3. The Balaban J connectivity index is 1.50. The van der Waals surface area contributed by atoms with Gasteiger partial charge in [-0.2, -0.15) is 0 Å².